The number of aryl methyl sites for hydroxylation is 2. The van der Waals surface area contributed by atoms with Crippen LogP contribution in [0.3, 0.4) is 0 Å². The Morgan fingerprint density at radius 3 is 2.65 bits per heavy atom. The van der Waals surface area contributed by atoms with Gasteiger partial charge in [0.05, 0.1) is 5.69 Å². The van der Waals surface area contributed by atoms with E-state index in [1.165, 1.54) is 22.4 Å². The zero-order valence-corrected chi connectivity index (χ0v) is 12.3. The largest absolute Gasteiger partial charge is 0.309 e. The topological polar surface area (TPSA) is 16.1 Å². The van der Waals surface area contributed by atoms with Crippen LogP contribution in [0.1, 0.15) is 34.7 Å². The van der Waals surface area contributed by atoms with Gasteiger partial charge in [-0.1, -0.05) is 30.3 Å². The molecule has 1 aromatic carbocycles. The summed E-state index contributed by atoms with van der Waals surface area (Å²) >= 11 is 0. The summed E-state index contributed by atoms with van der Waals surface area (Å²) < 4.78 is 0. The maximum atomic E-state index is 4.72. The third kappa shape index (κ3) is 2.61. The second-order valence-corrected chi connectivity index (χ2v) is 5.89. The number of nitrogens with zero attached hydrogens (tertiary/aromatic N) is 2. The second kappa shape index (κ2) is 5.76. The minimum atomic E-state index is 0.437. The van der Waals surface area contributed by atoms with Gasteiger partial charge in [-0.15, -0.1) is 0 Å². The average Bonchev–Trinajstić information content (AvgIpc) is 2.62. The van der Waals surface area contributed by atoms with Gasteiger partial charge in [-0.2, -0.15) is 0 Å². The highest BCUT2D eigenvalue weighted by Crippen LogP contribution is 2.35. The van der Waals surface area contributed by atoms with E-state index in [2.05, 4.69) is 55.4 Å². The van der Waals surface area contributed by atoms with E-state index in [9.17, 15) is 0 Å². The Labute approximate surface area is 121 Å². The number of benzene rings is 1. The van der Waals surface area contributed by atoms with Crippen molar-refractivity contribution in [3.8, 4) is 0 Å². The van der Waals surface area contributed by atoms with Crippen LogP contribution in [0.4, 0.5) is 0 Å². The lowest BCUT2D eigenvalue weighted by molar-refractivity contribution is 0.389. The zero-order valence-electron chi connectivity index (χ0n) is 12.3. The van der Waals surface area contributed by atoms with Crippen LogP contribution in [0.15, 0.2) is 42.6 Å². The summed E-state index contributed by atoms with van der Waals surface area (Å²) in [4.78, 5) is 6.98. The van der Waals surface area contributed by atoms with Crippen LogP contribution < -0.4 is 0 Å². The fourth-order valence-corrected chi connectivity index (χ4v) is 3.17. The van der Waals surface area contributed by atoms with Crippen LogP contribution in [0.2, 0.25) is 0 Å². The van der Waals surface area contributed by atoms with E-state index in [4.69, 9.17) is 4.98 Å². The highest BCUT2D eigenvalue weighted by atomic mass is 15.0. The van der Waals surface area contributed by atoms with Crippen molar-refractivity contribution in [2.75, 3.05) is 20.6 Å². The van der Waals surface area contributed by atoms with E-state index in [-0.39, 0.29) is 0 Å². The molecule has 1 aromatic heterocycles. The molecule has 1 atom stereocenters. The van der Waals surface area contributed by atoms with Gasteiger partial charge < -0.3 is 4.90 Å². The van der Waals surface area contributed by atoms with E-state index >= 15 is 0 Å². The molecule has 0 N–H and O–H groups in total. The molecule has 20 heavy (non-hydrogen) atoms. The molecule has 0 saturated carbocycles. The molecule has 0 saturated heterocycles. The van der Waals surface area contributed by atoms with E-state index in [1.54, 1.807) is 0 Å². The summed E-state index contributed by atoms with van der Waals surface area (Å²) in [6.45, 7) is 1.09. The summed E-state index contributed by atoms with van der Waals surface area (Å²) in [7, 11) is 4.28. The maximum absolute atomic E-state index is 4.72. The van der Waals surface area contributed by atoms with Gasteiger partial charge in [0.2, 0.25) is 0 Å². The molecular weight excluding hydrogens is 244 g/mol. The Hall–Kier alpha value is -1.67. The van der Waals surface area contributed by atoms with Crippen molar-refractivity contribution < 1.29 is 0 Å². The van der Waals surface area contributed by atoms with Gasteiger partial charge in [-0.05, 0) is 62.7 Å². The third-order valence-corrected chi connectivity index (χ3v) is 4.22. The first-order chi connectivity index (χ1) is 9.75. The van der Waals surface area contributed by atoms with Crippen LogP contribution in [0, 0.1) is 0 Å². The maximum Gasteiger partial charge on any atom is 0.0510 e. The molecule has 1 unspecified atom stereocenters. The standard InChI is InChI=1S/C18H22N2/c1-20(2)13-11-17-16-8-4-3-6-14(16)9-10-15-7-5-12-19-18(15)17/h3-8,12,17H,9-11,13H2,1-2H3. The zero-order chi connectivity index (χ0) is 13.9. The predicted molar refractivity (Wildman–Crippen MR) is 83.1 cm³/mol. The molecule has 2 nitrogen and oxygen atoms in total. The fraction of sp³-hybridized carbons (Fsp3) is 0.389. The number of rotatable bonds is 3. The first-order valence-electron chi connectivity index (χ1n) is 7.42. The van der Waals surface area contributed by atoms with Gasteiger partial charge in [0.25, 0.3) is 0 Å². The second-order valence-electron chi connectivity index (χ2n) is 5.89. The summed E-state index contributed by atoms with van der Waals surface area (Å²) in [5, 5.41) is 0. The Balaban J connectivity index is 2.04. The van der Waals surface area contributed by atoms with Gasteiger partial charge in [0, 0.05) is 12.1 Å². The molecule has 0 aliphatic heterocycles. The lowest BCUT2D eigenvalue weighted by Gasteiger charge is -2.21. The van der Waals surface area contributed by atoms with E-state index < -0.39 is 0 Å². The Morgan fingerprint density at radius 2 is 1.80 bits per heavy atom. The van der Waals surface area contributed by atoms with E-state index in [0.29, 0.717) is 5.92 Å². The summed E-state index contributed by atoms with van der Waals surface area (Å²) in [6.07, 6.45) is 5.31. The minimum absolute atomic E-state index is 0.437. The smallest absolute Gasteiger partial charge is 0.0510 e. The molecule has 0 fully saturated rings. The van der Waals surface area contributed by atoms with E-state index in [1.807, 2.05) is 6.20 Å². The van der Waals surface area contributed by atoms with Crippen LogP contribution in [-0.2, 0) is 12.8 Å². The number of hydrogen-bond donors (Lipinski definition) is 0. The molecule has 0 radical (unpaired) electrons. The fourth-order valence-electron chi connectivity index (χ4n) is 3.17. The van der Waals surface area contributed by atoms with Crippen molar-refractivity contribution in [1.29, 1.82) is 0 Å². The van der Waals surface area contributed by atoms with Crippen LogP contribution in [0.25, 0.3) is 0 Å². The van der Waals surface area contributed by atoms with Crippen LogP contribution in [0.5, 0.6) is 0 Å². The van der Waals surface area contributed by atoms with Gasteiger partial charge in [-0.3, -0.25) is 4.98 Å². The average molecular weight is 266 g/mol. The van der Waals surface area contributed by atoms with E-state index in [0.717, 1.165) is 25.8 Å². The predicted octanol–water partition coefficient (Wildman–Crippen LogP) is 3.26. The quantitative estimate of drug-likeness (QED) is 0.847. The molecule has 3 rings (SSSR count). The Kier molecular flexibility index (Phi) is 3.83. The first-order valence-corrected chi connectivity index (χ1v) is 7.42. The summed E-state index contributed by atoms with van der Waals surface area (Å²) in [5.41, 5.74) is 5.69. The first kappa shape index (κ1) is 13.3. The third-order valence-electron chi connectivity index (χ3n) is 4.22. The van der Waals surface area contributed by atoms with Gasteiger partial charge in [0.15, 0.2) is 0 Å². The van der Waals surface area contributed by atoms with Crippen LogP contribution >= 0.6 is 0 Å². The highest BCUT2D eigenvalue weighted by molar-refractivity contribution is 5.41. The van der Waals surface area contributed by atoms with Crippen LogP contribution in [-0.4, -0.2) is 30.5 Å². The van der Waals surface area contributed by atoms with Crippen molar-refractivity contribution in [3.05, 3.63) is 65.0 Å². The number of hydrogen-bond acceptors (Lipinski definition) is 2. The molecule has 0 bridgehead atoms. The molecule has 1 heterocycles. The highest BCUT2D eigenvalue weighted by Gasteiger charge is 2.24. The molecule has 0 spiro atoms. The van der Waals surface area contributed by atoms with Crippen molar-refractivity contribution in [1.82, 2.24) is 9.88 Å². The Bertz CT molecular complexity index is 542. The van der Waals surface area contributed by atoms with Crippen molar-refractivity contribution in [3.63, 3.8) is 0 Å². The molecule has 1 aliphatic carbocycles. The molecule has 1 aliphatic rings. The number of fused-ring (bicyclic) bond motifs is 2. The van der Waals surface area contributed by atoms with Gasteiger partial charge in [0.1, 0.15) is 0 Å². The SMILES string of the molecule is CN(C)CCC1c2ccccc2CCc2cccnc21. The van der Waals surface area contributed by atoms with Gasteiger partial charge in [-0.25, -0.2) is 0 Å². The lowest BCUT2D eigenvalue weighted by Crippen LogP contribution is -2.17. The monoisotopic (exact) mass is 266 g/mol. The summed E-state index contributed by atoms with van der Waals surface area (Å²) in [6, 6.07) is 13.2. The summed E-state index contributed by atoms with van der Waals surface area (Å²) in [5.74, 6) is 0.437. The van der Waals surface area contributed by atoms with Crippen molar-refractivity contribution in [2.24, 2.45) is 0 Å². The number of aromatic nitrogens is 1. The minimum Gasteiger partial charge on any atom is -0.309 e. The molecule has 104 valence electrons. The molecule has 2 aromatic rings. The normalized spacial score (nSPS) is 17.4. The van der Waals surface area contributed by atoms with Crippen molar-refractivity contribution in [2.45, 2.75) is 25.2 Å². The molecule has 0 amide bonds. The number of pyridine rings is 1. The Morgan fingerprint density at radius 1 is 1.05 bits per heavy atom. The molecule has 2 heteroatoms. The lowest BCUT2D eigenvalue weighted by atomic mass is 9.89. The van der Waals surface area contributed by atoms with Gasteiger partial charge >= 0.3 is 0 Å². The van der Waals surface area contributed by atoms with Crippen molar-refractivity contribution >= 4 is 0 Å². The molecular formula is C18H22N2.